The number of amides is 1. The third kappa shape index (κ3) is 2.45. The largest absolute Gasteiger partial charge is 0.390 e. The Morgan fingerprint density at radius 3 is 2.62 bits per heavy atom. The Morgan fingerprint density at radius 1 is 1.62 bits per heavy atom. The molecule has 0 saturated carbocycles. The van der Waals surface area contributed by atoms with Crippen molar-refractivity contribution in [2.75, 3.05) is 5.73 Å². The smallest absolute Gasteiger partial charge is 0.251 e. The van der Waals surface area contributed by atoms with Gasteiger partial charge in [0.1, 0.15) is 0 Å². The molecule has 3 nitrogen and oxygen atoms in total. The molecule has 1 amide bonds. The first-order valence-corrected chi connectivity index (χ1v) is 5.00. The third-order valence-electron chi connectivity index (χ3n) is 1.69. The summed E-state index contributed by atoms with van der Waals surface area (Å²) in [5, 5.41) is 0.531. The summed E-state index contributed by atoms with van der Waals surface area (Å²) in [4.78, 5) is 12.0. The molecule has 0 aliphatic rings. The van der Waals surface area contributed by atoms with Gasteiger partial charge in [0.25, 0.3) is 5.91 Å². The zero-order valence-corrected chi connectivity index (χ0v) is 8.65. The summed E-state index contributed by atoms with van der Waals surface area (Å²) in [6, 6.07) is 1.79. The lowest BCUT2D eigenvalue weighted by molar-refractivity contribution is 0.100. The van der Waals surface area contributed by atoms with Gasteiger partial charge in [-0.15, -0.1) is 11.3 Å². The number of thiophene rings is 1. The molecule has 0 radical (unpaired) electrons. The van der Waals surface area contributed by atoms with Crippen molar-refractivity contribution in [2.24, 2.45) is 11.7 Å². The Labute approximate surface area is 81.7 Å². The molecule has 1 rings (SSSR count). The van der Waals surface area contributed by atoms with Gasteiger partial charge in [0, 0.05) is 4.88 Å². The number of carbonyl (C=O) groups excluding carboxylic acids is 1. The molecule has 0 fully saturated rings. The van der Waals surface area contributed by atoms with E-state index in [4.69, 9.17) is 11.5 Å². The first-order chi connectivity index (χ1) is 6.00. The molecule has 0 aromatic carbocycles. The van der Waals surface area contributed by atoms with Crippen LogP contribution < -0.4 is 11.5 Å². The van der Waals surface area contributed by atoms with Gasteiger partial charge in [0.15, 0.2) is 0 Å². The normalized spacial score (nSPS) is 10.7. The fourth-order valence-electron chi connectivity index (χ4n) is 1.15. The van der Waals surface area contributed by atoms with E-state index in [1.54, 1.807) is 6.07 Å². The van der Waals surface area contributed by atoms with Crippen molar-refractivity contribution in [2.45, 2.75) is 20.3 Å². The SMILES string of the molecule is CC(C)Cc1cc(C(N)=O)c(N)s1. The van der Waals surface area contributed by atoms with Crippen molar-refractivity contribution in [3.8, 4) is 0 Å². The highest BCUT2D eigenvalue weighted by atomic mass is 32.1. The topological polar surface area (TPSA) is 69.1 Å². The summed E-state index contributed by atoms with van der Waals surface area (Å²) < 4.78 is 0. The molecule has 0 atom stereocenters. The summed E-state index contributed by atoms with van der Waals surface area (Å²) >= 11 is 1.45. The molecule has 1 aromatic heterocycles. The van der Waals surface area contributed by atoms with Crippen LogP contribution in [0, 0.1) is 5.92 Å². The lowest BCUT2D eigenvalue weighted by Crippen LogP contribution is -2.11. The Balaban J connectivity index is 2.89. The van der Waals surface area contributed by atoms with E-state index in [1.165, 1.54) is 11.3 Å². The van der Waals surface area contributed by atoms with E-state index in [2.05, 4.69) is 13.8 Å². The average Bonchev–Trinajstić information content (AvgIpc) is 2.29. The van der Waals surface area contributed by atoms with Crippen molar-refractivity contribution >= 4 is 22.2 Å². The van der Waals surface area contributed by atoms with E-state index in [1.807, 2.05) is 0 Å². The predicted molar refractivity (Wildman–Crippen MR) is 55.8 cm³/mol. The number of nitrogen functional groups attached to an aromatic ring is 1. The highest BCUT2D eigenvalue weighted by Gasteiger charge is 2.11. The molecule has 0 saturated heterocycles. The van der Waals surface area contributed by atoms with Crippen molar-refractivity contribution in [3.05, 3.63) is 16.5 Å². The number of carbonyl (C=O) groups is 1. The maximum atomic E-state index is 10.9. The molecule has 0 unspecified atom stereocenters. The minimum atomic E-state index is -0.441. The van der Waals surface area contributed by atoms with Crippen LogP contribution in [-0.2, 0) is 6.42 Å². The van der Waals surface area contributed by atoms with E-state index in [-0.39, 0.29) is 0 Å². The maximum Gasteiger partial charge on any atom is 0.251 e. The second-order valence-electron chi connectivity index (χ2n) is 3.45. The van der Waals surface area contributed by atoms with Crippen molar-refractivity contribution < 1.29 is 4.79 Å². The zero-order chi connectivity index (χ0) is 10.0. The van der Waals surface area contributed by atoms with Crippen LogP contribution in [0.15, 0.2) is 6.07 Å². The molecule has 4 heteroatoms. The highest BCUT2D eigenvalue weighted by Crippen LogP contribution is 2.26. The quantitative estimate of drug-likeness (QED) is 0.775. The number of hydrogen-bond acceptors (Lipinski definition) is 3. The lowest BCUT2D eigenvalue weighted by Gasteiger charge is -1.98. The van der Waals surface area contributed by atoms with Crippen molar-refractivity contribution in [1.82, 2.24) is 0 Å². The summed E-state index contributed by atoms with van der Waals surface area (Å²) in [6.07, 6.45) is 0.947. The molecule has 1 aromatic rings. The van der Waals surface area contributed by atoms with Crippen LogP contribution in [0.1, 0.15) is 29.1 Å². The number of rotatable bonds is 3. The second kappa shape index (κ2) is 3.79. The van der Waals surface area contributed by atoms with Gasteiger partial charge in [-0.2, -0.15) is 0 Å². The van der Waals surface area contributed by atoms with Gasteiger partial charge in [-0.1, -0.05) is 13.8 Å². The van der Waals surface area contributed by atoms with E-state index < -0.39 is 5.91 Å². The summed E-state index contributed by atoms with van der Waals surface area (Å²) in [7, 11) is 0. The van der Waals surface area contributed by atoms with E-state index >= 15 is 0 Å². The fraction of sp³-hybridized carbons (Fsp3) is 0.444. The van der Waals surface area contributed by atoms with Gasteiger partial charge in [-0.3, -0.25) is 4.79 Å². The van der Waals surface area contributed by atoms with Crippen LogP contribution in [-0.4, -0.2) is 5.91 Å². The van der Waals surface area contributed by atoms with E-state index in [9.17, 15) is 4.79 Å². The number of nitrogens with two attached hydrogens (primary N) is 2. The molecule has 0 spiro atoms. The summed E-state index contributed by atoms with van der Waals surface area (Å²) in [6.45, 7) is 4.25. The van der Waals surface area contributed by atoms with E-state index in [0.29, 0.717) is 16.5 Å². The Kier molecular flexibility index (Phi) is 2.93. The Morgan fingerprint density at radius 2 is 2.23 bits per heavy atom. The van der Waals surface area contributed by atoms with E-state index in [0.717, 1.165) is 11.3 Å². The highest BCUT2D eigenvalue weighted by molar-refractivity contribution is 7.16. The lowest BCUT2D eigenvalue weighted by atomic mass is 10.1. The van der Waals surface area contributed by atoms with Crippen molar-refractivity contribution in [1.29, 1.82) is 0 Å². The second-order valence-corrected chi connectivity index (χ2v) is 4.62. The molecule has 0 bridgehead atoms. The van der Waals surface area contributed by atoms with Gasteiger partial charge in [0.05, 0.1) is 10.6 Å². The zero-order valence-electron chi connectivity index (χ0n) is 7.83. The maximum absolute atomic E-state index is 10.9. The van der Waals surface area contributed by atoms with Crippen LogP contribution in [0.3, 0.4) is 0 Å². The molecule has 72 valence electrons. The number of anilines is 1. The van der Waals surface area contributed by atoms with Gasteiger partial charge < -0.3 is 11.5 Å². The van der Waals surface area contributed by atoms with Gasteiger partial charge in [0.2, 0.25) is 0 Å². The summed E-state index contributed by atoms with van der Waals surface area (Å²) in [5.74, 6) is 0.127. The van der Waals surface area contributed by atoms with Crippen LogP contribution in [0.25, 0.3) is 0 Å². The first-order valence-electron chi connectivity index (χ1n) is 4.18. The Bertz CT molecular complexity index is 317. The molecule has 1 heterocycles. The minimum absolute atomic E-state index is 0.441. The number of primary amides is 1. The first kappa shape index (κ1) is 10.1. The minimum Gasteiger partial charge on any atom is -0.390 e. The molecular weight excluding hydrogens is 184 g/mol. The average molecular weight is 198 g/mol. The van der Waals surface area contributed by atoms with Crippen LogP contribution >= 0.6 is 11.3 Å². The van der Waals surface area contributed by atoms with Crippen LogP contribution in [0.2, 0.25) is 0 Å². The van der Waals surface area contributed by atoms with Crippen molar-refractivity contribution in [3.63, 3.8) is 0 Å². The van der Waals surface area contributed by atoms with Gasteiger partial charge in [-0.25, -0.2) is 0 Å². The third-order valence-corrected chi connectivity index (χ3v) is 2.67. The van der Waals surface area contributed by atoms with Crippen LogP contribution in [0.4, 0.5) is 5.00 Å². The van der Waals surface area contributed by atoms with Crippen LogP contribution in [0.5, 0.6) is 0 Å². The molecular formula is C9H14N2OS. The fourth-order valence-corrected chi connectivity index (χ4v) is 2.30. The molecule has 0 aliphatic heterocycles. The molecule has 0 aliphatic carbocycles. The molecule has 13 heavy (non-hydrogen) atoms. The predicted octanol–water partition coefficient (Wildman–Crippen LogP) is 1.63. The number of hydrogen-bond donors (Lipinski definition) is 2. The Hall–Kier alpha value is -1.03. The monoisotopic (exact) mass is 198 g/mol. The summed E-state index contributed by atoms with van der Waals surface area (Å²) in [5.41, 5.74) is 11.2. The van der Waals surface area contributed by atoms with Gasteiger partial charge in [-0.05, 0) is 18.4 Å². The standard InChI is InChI=1S/C9H14N2OS/c1-5(2)3-6-4-7(8(10)12)9(11)13-6/h4-5H,3,11H2,1-2H3,(H2,10,12). The van der Waals surface area contributed by atoms with Gasteiger partial charge >= 0.3 is 0 Å². The molecule has 4 N–H and O–H groups in total.